The number of halogens is 1. The largest absolute Gasteiger partial charge is 0.444 e. The first-order valence-electron chi connectivity index (χ1n) is 15.9. The first-order chi connectivity index (χ1) is 21.6. The van der Waals surface area contributed by atoms with Gasteiger partial charge in [0.1, 0.15) is 34.9 Å². The van der Waals surface area contributed by atoms with Gasteiger partial charge in [-0.1, -0.05) is 37.1 Å². The average Bonchev–Trinajstić information content (AvgIpc) is 3.27. The molecule has 4 aliphatic rings. The molecular weight excluding hydrogens is 618 g/mol. The Morgan fingerprint density at radius 1 is 1.17 bits per heavy atom. The molecule has 0 spiro atoms. The highest BCUT2D eigenvalue weighted by Crippen LogP contribution is 2.67. The highest BCUT2D eigenvalue weighted by molar-refractivity contribution is 7.59. The van der Waals surface area contributed by atoms with Gasteiger partial charge < -0.3 is 29.9 Å². The van der Waals surface area contributed by atoms with E-state index < -0.39 is 66.3 Å². The molecule has 1 saturated carbocycles. The van der Waals surface area contributed by atoms with E-state index in [0.29, 0.717) is 24.0 Å². The molecule has 12 nitrogen and oxygen atoms in total. The fourth-order valence-electron chi connectivity index (χ4n) is 6.58. The second kappa shape index (κ2) is 13.0. The predicted molar refractivity (Wildman–Crippen MR) is 166 cm³/mol. The quantitative estimate of drug-likeness (QED) is 0.318. The molecule has 3 heterocycles. The molecule has 1 aromatic carbocycles. The molecule has 1 aromatic rings. The third-order valence-corrected chi connectivity index (χ3v) is 11.2. The van der Waals surface area contributed by atoms with E-state index in [4.69, 9.17) is 9.47 Å². The van der Waals surface area contributed by atoms with Gasteiger partial charge in [0.2, 0.25) is 19.2 Å². The Morgan fingerprint density at radius 3 is 2.63 bits per heavy atom. The zero-order valence-corrected chi connectivity index (χ0v) is 27.7. The van der Waals surface area contributed by atoms with Crippen LogP contribution in [0, 0.1) is 11.7 Å². The topological polar surface area (TPSA) is 155 Å². The molecule has 6 atom stereocenters. The number of carbonyl (C=O) groups excluding carboxylic acids is 4. The van der Waals surface area contributed by atoms with Gasteiger partial charge in [-0.2, -0.15) is 0 Å². The van der Waals surface area contributed by atoms with Crippen molar-refractivity contribution in [2.75, 3.05) is 13.2 Å². The number of hydrogen-bond donors (Lipinski definition) is 3. The van der Waals surface area contributed by atoms with E-state index in [1.165, 1.54) is 22.5 Å². The van der Waals surface area contributed by atoms with Crippen molar-refractivity contribution in [2.45, 2.75) is 108 Å². The minimum Gasteiger partial charge on any atom is -0.444 e. The summed E-state index contributed by atoms with van der Waals surface area (Å²) in [6.45, 7) is 6.40. The minimum absolute atomic E-state index is 0.0295. The average molecular weight is 663 g/mol. The highest BCUT2D eigenvalue weighted by Gasteiger charge is 2.64. The summed E-state index contributed by atoms with van der Waals surface area (Å²) < 4.78 is 38.6. The summed E-state index contributed by atoms with van der Waals surface area (Å²) >= 11 is 0. The van der Waals surface area contributed by atoms with Gasteiger partial charge in [-0.3, -0.25) is 19.1 Å². The smallest absolute Gasteiger partial charge is 0.410 e. The van der Waals surface area contributed by atoms with E-state index in [1.54, 1.807) is 32.9 Å². The van der Waals surface area contributed by atoms with Gasteiger partial charge >= 0.3 is 12.2 Å². The summed E-state index contributed by atoms with van der Waals surface area (Å²) in [7, 11) is -3.82. The number of amides is 4. The lowest BCUT2D eigenvalue weighted by atomic mass is 10.0. The van der Waals surface area contributed by atoms with Crippen molar-refractivity contribution in [2.24, 2.45) is 5.92 Å². The lowest BCUT2D eigenvalue weighted by molar-refractivity contribution is -0.140. The molecule has 5 rings (SSSR count). The number of rotatable bonds is 3. The number of carbonyl (C=O) groups is 4. The summed E-state index contributed by atoms with van der Waals surface area (Å²) in [6.07, 6.45) is 4.89. The molecular formula is C32H44FN4O8P. The van der Waals surface area contributed by atoms with Gasteiger partial charge in [-0.05, 0) is 58.1 Å². The molecule has 0 radical (unpaired) electrons. The number of benzene rings is 1. The van der Waals surface area contributed by atoms with Crippen LogP contribution in [0.4, 0.5) is 14.0 Å². The summed E-state index contributed by atoms with van der Waals surface area (Å²) in [5.41, 5.74) is 0.281. The molecule has 1 aliphatic carbocycles. The molecule has 1 unspecified atom stereocenters. The highest BCUT2D eigenvalue weighted by atomic mass is 31.2. The summed E-state index contributed by atoms with van der Waals surface area (Å²) in [5, 5.41) is 4.12. The van der Waals surface area contributed by atoms with Crippen molar-refractivity contribution in [3.05, 3.63) is 47.3 Å². The van der Waals surface area contributed by atoms with Crippen molar-refractivity contribution in [3.8, 4) is 0 Å². The molecule has 1 saturated heterocycles. The van der Waals surface area contributed by atoms with Crippen molar-refractivity contribution in [1.29, 1.82) is 0 Å². The molecule has 14 heteroatoms. The van der Waals surface area contributed by atoms with E-state index in [0.717, 1.165) is 19.3 Å². The molecule has 2 fully saturated rings. The van der Waals surface area contributed by atoms with Crippen molar-refractivity contribution in [1.82, 2.24) is 20.4 Å². The number of fused-ring (bicyclic) bond motifs is 3. The van der Waals surface area contributed by atoms with Crippen LogP contribution in [0.15, 0.2) is 30.4 Å². The van der Waals surface area contributed by atoms with Gasteiger partial charge in [0.05, 0.1) is 13.1 Å². The van der Waals surface area contributed by atoms with Gasteiger partial charge in [-0.25, -0.2) is 14.0 Å². The van der Waals surface area contributed by atoms with Gasteiger partial charge in [0, 0.05) is 31.1 Å². The number of alkyl carbamates (subject to hydrolysis) is 1. The predicted octanol–water partition coefficient (Wildman–Crippen LogP) is 4.39. The molecule has 3 aliphatic heterocycles. The lowest BCUT2D eigenvalue weighted by Crippen LogP contribution is -2.55. The zero-order valence-electron chi connectivity index (χ0n) is 26.8. The summed E-state index contributed by atoms with van der Waals surface area (Å²) in [5.74, 6) is -1.93. The molecule has 0 bridgehead atoms. The number of ether oxygens (including phenoxy) is 2. The molecule has 252 valence electrons. The maximum atomic E-state index is 14.3. The third kappa shape index (κ3) is 7.41. The molecule has 0 aromatic heterocycles. The Labute approximate surface area is 268 Å². The van der Waals surface area contributed by atoms with Crippen molar-refractivity contribution < 1.29 is 42.5 Å². The second-order valence-electron chi connectivity index (χ2n) is 13.8. The van der Waals surface area contributed by atoms with Crippen LogP contribution < -0.4 is 10.6 Å². The summed E-state index contributed by atoms with van der Waals surface area (Å²) in [6, 6.07) is 2.49. The molecule has 4 amide bonds. The fraction of sp³-hybridized carbons (Fsp3) is 0.625. The van der Waals surface area contributed by atoms with Crippen molar-refractivity contribution in [3.63, 3.8) is 0 Å². The summed E-state index contributed by atoms with van der Waals surface area (Å²) in [4.78, 5) is 67.3. The van der Waals surface area contributed by atoms with Gasteiger partial charge in [0.15, 0.2) is 0 Å². The zero-order chi connectivity index (χ0) is 33.4. The second-order valence-corrected chi connectivity index (χ2v) is 16.4. The van der Waals surface area contributed by atoms with E-state index in [2.05, 4.69) is 10.6 Å². The van der Waals surface area contributed by atoms with Crippen LogP contribution in [-0.2, 0) is 36.7 Å². The number of hydrogen-bond acceptors (Lipinski definition) is 7. The third-order valence-electron chi connectivity index (χ3n) is 9.09. The Morgan fingerprint density at radius 2 is 1.93 bits per heavy atom. The van der Waals surface area contributed by atoms with E-state index >= 15 is 0 Å². The van der Waals surface area contributed by atoms with Gasteiger partial charge in [0.25, 0.3) is 0 Å². The van der Waals surface area contributed by atoms with Gasteiger partial charge in [-0.15, -0.1) is 0 Å². The van der Waals surface area contributed by atoms with E-state index in [1.807, 2.05) is 12.2 Å². The molecule has 3 N–H and O–H groups in total. The monoisotopic (exact) mass is 662 g/mol. The van der Waals surface area contributed by atoms with Crippen LogP contribution >= 0.6 is 7.37 Å². The number of nitrogens with zero attached hydrogens (tertiary/aromatic N) is 2. The van der Waals surface area contributed by atoms with Crippen molar-refractivity contribution >= 4 is 31.4 Å². The normalized spacial score (nSPS) is 30.4. The SMILES string of the molecule is CC(C)(C)OC(=O)N[C@H]1CCCCC/C=C\[C@@H]2C[C@@]2(P(C)(=O)O)NC(=O)[C@@H]2C[C@@H](OC(=O)N3Cc4cccc(F)c4C3)CN2C1=O. The molecule has 46 heavy (non-hydrogen) atoms. The van der Waals surface area contributed by atoms with E-state index in [9.17, 15) is 33.0 Å². The van der Waals surface area contributed by atoms with Crippen LogP contribution in [0.25, 0.3) is 0 Å². The standard InChI is InChI=1S/C32H44FN4O8P/c1-31(2,3)45-29(40)34-25-14-9-7-5-6-8-12-21-16-32(21,46(4,42)43)35-27(38)26-15-22(18-37(26)28(25)39)44-30(41)36-17-20-11-10-13-24(33)23(20)19-36/h8,10-13,21-22,25-26H,5-7,9,14-19H2,1-4H3,(H,34,40)(H,35,38)(H,42,43)/b12-8-/t21-,22-,25+,26+,32+/m1/s1. The number of nitrogens with one attached hydrogen (secondary N) is 2. The first-order valence-corrected chi connectivity index (χ1v) is 18.0. The van der Waals surface area contributed by atoms with Crippen LogP contribution in [0.3, 0.4) is 0 Å². The fourth-order valence-corrected chi connectivity index (χ4v) is 8.14. The Balaban J connectivity index is 1.39. The maximum absolute atomic E-state index is 14.3. The Kier molecular flexibility index (Phi) is 9.57. The Bertz CT molecular complexity index is 1460. The van der Waals surface area contributed by atoms with Crippen LogP contribution in [0.1, 0.15) is 76.8 Å². The Hall–Kier alpha value is -3.44. The van der Waals surface area contributed by atoms with Crippen LogP contribution in [-0.4, -0.2) is 81.0 Å². The van der Waals surface area contributed by atoms with Crippen LogP contribution in [0.2, 0.25) is 0 Å². The maximum Gasteiger partial charge on any atom is 0.410 e. The number of allylic oxidation sites excluding steroid dienone is 1. The first kappa shape index (κ1) is 33.9. The minimum atomic E-state index is -3.82. The lowest BCUT2D eigenvalue weighted by Gasteiger charge is -2.31. The van der Waals surface area contributed by atoms with Crippen LogP contribution in [0.5, 0.6) is 0 Å². The van der Waals surface area contributed by atoms with E-state index in [-0.39, 0.29) is 38.4 Å².